The molecular weight excluding hydrogens is 356 g/mol. The molecule has 0 spiro atoms. The van der Waals surface area contributed by atoms with E-state index in [2.05, 4.69) is 15.5 Å². The third kappa shape index (κ3) is 3.79. The molecule has 7 heteroatoms. The number of rotatable bonds is 7. The van der Waals surface area contributed by atoms with Gasteiger partial charge in [0.05, 0.1) is 17.6 Å². The maximum Gasteiger partial charge on any atom is 0.222 e. The number of aliphatic hydroxyl groups excluding tert-OH is 1. The zero-order valence-electron chi connectivity index (χ0n) is 15.2. The van der Waals surface area contributed by atoms with Gasteiger partial charge in [0.2, 0.25) is 5.91 Å². The Morgan fingerprint density at radius 1 is 1.11 bits per heavy atom. The number of hydrogen-bond donors (Lipinski definition) is 2. The van der Waals surface area contributed by atoms with Crippen molar-refractivity contribution in [1.82, 2.24) is 20.0 Å². The molecule has 0 radical (unpaired) electrons. The molecule has 7 nitrogen and oxygen atoms in total. The number of hydrogen-bond acceptors (Lipinski definition) is 5. The van der Waals surface area contributed by atoms with Crippen LogP contribution in [0, 0.1) is 0 Å². The number of aromatic nitrogens is 3. The van der Waals surface area contributed by atoms with E-state index in [-0.39, 0.29) is 18.9 Å². The van der Waals surface area contributed by atoms with Crippen LogP contribution in [0.4, 0.5) is 0 Å². The van der Waals surface area contributed by atoms with Gasteiger partial charge in [-0.25, -0.2) is 4.98 Å². The number of fused-ring (bicyclic) bond motifs is 1. The number of imidazole rings is 1. The largest absolute Gasteiger partial charge is 0.388 e. The standard InChI is InChI=1S/C21H20N4O3/c26-14-20-23-17-8-4-5-9-18(17)25(20)11-10-21(27)22-13-16-12-19(28-24-16)15-6-2-1-3-7-15/h1-9,12,26H,10-11,13-14H2,(H,22,27). The predicted molar refractivity (Wildman–Crippen MR) is 104 cm³/mol. The van der Waals surface area contributed by atoms with Gasteiger partial charge < -0.3 is 19.5 Å². The van der Waals surface area contributed by atoms with Gasteiger partial charge in [0.25, 0.3) is 0 Å². The first-order valence-electron chi connectivity index (χ1n) is 9.07. The molecule has 28 heavy (non-hydrogen) atoms. The van der Waals surface area contributed by atoms with Gasteiger partial charge in [-0.15, -0.1) is 0 Å². The number of carbonyl (C=O) groups excluding carboxylic acids is 1. The van der Waals surface area contributed by atoms with Crippen LogP contribution in [0.3, 0.4) is 0 Å². The quantitative estimate of drug-likeness (QED) is 0.517. The van der Waals surface area contributed by atoms with Crippen molar-refractivity contribution in [2.45, 2.75) is 26.1 Å². The molecule has 2 N–H and O–H groups in total. The van der Waals surface area contributed by atoms with Crippen LogP contribution in [0.15, 0.2) is 65.2 Å². The molecule has 4 aromatic rings. The lowest BCUT2D eigenvalue weighted by molar-refractivity contribution is -0.121. The average Bonchev–Trinajstić information content (AvgIpc) is 3.36. The molecule has 0 aliphatic heterocycles. The first-order chi connectivity index (χ1) is 13.7. The summed E-state index contributed by atoms with van der Waals surface area (Å²) in [6.45, 7) is 0.570. The van der Waals surface area contributed by atoms with Gasteiger partial charge in [-0.3, -0.25) is 4.79 Å². The molecule has 0 saturated heterocycles. The lowest BCUT2D eigenvalue weighted by atomic mass is 10.2. The number of para-hydroxylation sites is 2. The van der Waals surface area contributed by atoms with E-state index in [9.17, 15) is 9.90 Å². The highest BCUT2D eigenvalue weighted by molar-refractivity contribution is 5.78. The Kier molecular flexibility index (Phi) is 5.16. The molecule has 0 saturated carbocycles. The zero-order chi connectivity index (χ0) is 19.3. The molecule has 2 aromatic heterocycles. The van der Waals surface area contributed by atoms with E-state index >= 15 is 0 Å². The molecule has 0 unspecified atom stereocenters. The Bertz CT molecular complexity index is 1090. The number of aliphatic hydroxyl groups is 1. The highest BCUT2D eigenvalue weighted by atomic mass is 16.5. The number of amides is 1. The summed E-state index contributed by atoms with van der Waals surface area (Å²) in [6, 6.07) is 19.1. The first kappa shape index (κ1) is 17.9. The second kappa shape index (κ2) is 8.06. The van der Waals surface area contributed by atoms with Gasteiger partial charge >= 0.3 is 0 Å². The molecule has 142 valence electrons. The molecule has 0 aliphatic carbocycles. The van der Waals surface area contributed by atoms with E-state index in [1.165, 1.54) is 0 Å². The number of benzene rings is 2. The van der Waals surface area contributed by atoms with Crippen LogP contribution < -0.4 is 5.32 Å². The third-order valence-corrected chi connectivity index (χ3v) is 4.52. The van der Waals surface area contributed by atoms with Crippen molar-refractivity contribution >= 4 is 16.9 Å². The SMILES string of the molecule is O=C(CCn1c(CO)nc2ccccc21)NCc1cc(-c2ccccc2)on1. The summed E-state index contributed by atoms with van der Waals surface area (Å²) in [6.07, 6.45) is 0.275. The number of aryl methyl sites for hydroxylation is 1. The van der Waals surface area contributed by atoms with Crippen molar-refractivity contribution in [2.24, 2.45) is 0 Å². The topological polar surface area (TPSA) is 93.2 Å². The fraction of sp³-hybridized carbons (Fsp3) is 0.190. The normalized spacial score (nSPS) is 11.0. The third-order valence-electron chi connectivity index (χ3n) is 4.52. The number of nitrogens with zero attached hydrogens (tertiary/aromatic N) is 3. The average molecular weight is 376 g/mol. The van der Waals surface area contributed by atoms with Crippen molar-refractivity contribution < 1.29 is 14.4 Å². The maximum absolute atomic E-state index is 12.3. The summed E-state index contributed by atoms with van der Waals surface area (Å²) < 4.78 is 7.21. The fourth-order valence-corrected chi connectivity index (χ4v) is 3.12. The summed E-state index contributed by atoms with van der Waals surface area (Å²) in [5, 5.41) is 16.4. The van der Waals surface area contributed by atoms with E-state index in [4.69, 9.17) is 4.52 Å². The highest BCUT2D eigenvalue weighted by Gasteiger charge is 2.12. The second-order valence-corrected chi connectivity index (χ2v) is 6.40. The Morgan fingerprint density at radius 2 is 1.89 bits per heavy atom. The Labute approximate surface area is 161 Å². The van der Waals surface area contributed by atoms with Crippen molar-refractivity contribution in [2.75, 3.05) is 0 Å². The van der Waals surface area contributed by atoms with Crippen LogP contribution in [0.1, 0.15) is 17.9 Å². The lowest BCUT2D eigenvalue weighted by Crippen LogP contribution is -2.24. The predicted octanol–water partition coefficient (Wildman–Crippen LogP) is 2.89. The summed E-state index contributed by atoms with van der Waals surface area (Å²) >= 11 is 0. The lowest BCUT2D eigenvalue weighted by Gasteiger charge is -2.08. The van der Waals surface area contributed by atoms with Gasteiger partial charge in [0.1, 0.15) is 18.1 Å². The summed E-state index contributed by atoms with van der Waals surface area (Å²) in [5.41, 5.74) is 3.32. The summed E-state index contributed by atoms with van der Waals surface area (Å²) in [4.78, 5) is 16.7. The van der Waals surface area contributed by atoms with Crippen LogP contribution >= 0.6 is 0 Å². The molecule has 1 amide bonds. The zero-order valence-corrected chi connectivity index (χ0v) is 15.2. The smallest absolute Gasteiger partial charge is 0.222 e. The summed E-state index contributed by atoms with van der Waals surface area (Å²) in [5.74, 6) is 1.12. The van der Waals surface area contributed by atoms with Crippen LogP contribution in [0.25, 0.3) is 22.4 Å². The fourth-order valence-electron chi connectivity index (χ4n) is 3.12. The van der Waals surface area contributed by atoms with Gasteiger partial charge in [-0.1, -0.05) is 47.6 Å². The summed E-state index contributed by atoms with van der Waals surface area (Å²) in [7, 11) is 0. The van der Waals surface area contributed by atoms with E-state index in [1.807, 2.05) is 65.2 Å². The molecule has 2 heterocycles. The van der Waals surface area contributed by atoms with Crippen molar-refractivity contribution in [3.63, 3.8) is 0 Å². The van der Waals surface area contributed by atoms with Gasteiger partial charge in [0, 0.05) is 24.6 Å². The van der Waals surface area contributed by atoms with Gasteiger partial charge in [0.15, 0.2) is 5.76 Å². The van der Waals surface area contributed by atoms with E-state index in [0.29, 0.717) is 30.4 Å². The molecular formula is C21H20N4O3. The monoisotopic (exact) mass is 376 g/mol. The van der Waals surface area contributed by atoms with Gasteiger partial charge in [-0.05, 0) is 12.1 Å². The minimum absolute atomic E-state index is 0.106. The van der Waals surface area contributed by atoms with Crippen LogP contribution in [0.5, 0.6) is 0 Å². The molecule has 2 aromatic carbocycles. The van der Waals surface area contributed by atoms with Crippen LogP contribution in [-0.4, -0.2) is 25.7 Å². The van der Waals surface area contributed by atoms with E-state index in [0.717, 1.165) is 16.6 Å². The Morgan fingerprint density at radius 3 is 2.71 bits per heavy atom. The Hall–Kier alpha value is -3.45. The highest BCUT2D eigenvalue weighted by Crippen LogP contribution is 2.20. The molecule has 0 atom stereocenters. The van der Waals surface area contributed by atoms with Gasteiger partial charge in [-0.2, -0.15) is 0 Å². The van der Waals surface area contributed by atoms with E-state index in [1.54, 1.807) is 0 Å². The molecule has 0 bridgehead atoms. The maximum atomic E-state index is 12.3. The number of carbonyl (C=O) groups is 1. The van der Waals surface area contributed by atoms with Crippen molar-refractivity contribution in [3.8, 4) is 11.3 Å². The van der Waals surface area contributed by atoms with Crippen LogP contribution in [0.2, 0.25) is 0 Å². The van der Waals surface area contributed by atoms with E-state index < -0.39 is 0 Å². The molecule has 0 fully saturated rings. The second-order valence-electron chi connectivity index (χ2n) is 6.40. The molecule has 4 rings (SSSR count). The van der Waals surface area contributed by atoms with Crippen molar-refractivity contribution in [3.05, 3.63) is 72.2 Å². The minimum atomic E-state index is -0.169. The Balaban J connectivity index is 1.35. The minimum Gasteiger partial charge on any atom is -0.388 e. The first-order valence-corrected chi connectivity index (χ1v) is 9.07. The van der Waals surface area contributed by atoms with Crippen molar-refractivity contribution in [1.29, 1.82) is 0 Å². The van der Waals surface area contributed by atoms with Crippen LogP contribution in [-0.2, 0) is 24.5 Å². The number of nitrogens with one attached hydrogen (secondary N) is 1. The molecule has 0 aliphatic rings.